The minimum atomic E-state index is -1.09. The van der Waals surface area contributed by atoms with E-state index in [4.69, 9.17) is 9.84 Å². The van der Waals surface area contributed by atoms with Crippen LogP contribution in [0.15, 0.2) is 35.7 Å². The number of rotatable bonds is 6. The first kappa shape index (κ1) is 15.0. The number of hydrogen-bond donors (Lipinski definition) is 2. The molecule has 2 rings (SSSR count). The van der Waals surface area contributed by atoms with E-state index in [-0.39, 0.29) is 30.3 Å². The summed E-state index contributed by atoms with van der Waals surface area (Å²) < 4.78 is 18.0. The zero-order valence-electron chi connectivity index (χ0n) is 10.8. The van der Waals surface area contributed by atoms with Crippen LogP contribution in [0.1, 0.15) is 16.8 Å². The fourth-order valence-electron chi connectivity index (χ4n) is 1.56. The Bertz CT molecular complexity index is 639. The lowest BCUT2D eigenvalue weighted by Crippen LogP contribution is -2.16. The monoisotopic (exact) mass is 309 g/mol. The van der Waals surface area contributed by atoms with Gasteiger partial charge in [0, 0.05) is 0 Å². The molecule has 0 saturated heterocycles. The molecule has 1 aromatic carbocycles. The molecule has 0 unspecified atom stereocenters. The van der Waals surface area contributed by atoms with E-state index in [9.17, 15) is 14.0 Å². The smallest absolute Gasteiger partial charge is 0.338 e. The Morgan fingerprint density at radius 3 is 2.62 bits per heavy atom. The highest BCUT2D eigenvalue weighted by molar-refractivity contribution is 7.14. The van der Waals surface area contributed by atoms with Crippen molar-refractivity contribution in [3.63, 3.8) is 0 Å². The second kappa shape index (κ2) is 6.85. The highest BCUT2D eigenvalue weighted by atomic mass is 32.1. The van der Waals surface area contributed by atoms with Gasteiger partial charge in [0.1, 0.15) is 16.6 Å². The van der Waals surface area contributed by atoms with Gasteiger partial charge < -0.3 is 15.2 Å². The third-order valence-corrected chi connectivity index (χ3v) is 3.39. The highest BCUT2D eigenvalue weighted by Gasteiger charge is 2.13. The molecule has 1 heterocycles. The minimum absolute atomic E-state index is 0.0628. The standard InChI is InChI=1S/C14H12FNO4S/c15-9-1-3-10(4-2-9)20-7-5-12(17)16-13-11(14(18)19)6-8-21-13/h1-4,6,8H,5,7H2,(H,16,17)(H,18,19). The van der Waals surface area contributed by atoms with E-state index in [1.807, 2.05) is 0 Å². The van der Waals surface area contributed by atoms with Crippen molar-refractivity contribution in [2.45, 2.75) is 6.42 Å². The summed E-state index contributed by atoms with van der Waals surface area (Å²) in [7, 11) is 0. The molecule has 7 heteroatoms. The van der Waals surface area contributed by atoms with Crippen molar-refractivity contribution in [3.05, 3.63) is 47.1 Å². The summed E-state index contributed by atoms with van der Waals surface area (Å²) in [5, 5.41) is 13.3. The van der Waals surface area contributed by atoms with Gasteiger partial charge in [-0.05, 0) is 35.7 Å². The molecule has 1 aromatic heterocycles. The number of anilines is 1. The summed E-state index contributed by atoms with van der Waals surface area (Å²) in [5.74, 6) is -1.33. The molecule has 0 spiro atoms. The molecule has 1 amide bonds. The van der Waals surface area contributed by atoms with Crippen LogP contribution >= 0.6 is 11.3 Å². The highest BCUT2D eigenvalue weighted by Crippen LogP contribution is 2.23. The molecule has 21 heavy (non-hydrogen) atoms. The first-order chi connectivity index (χ1) is 10.1. The minimum Gasteiger partial charge on any atom is -0.493 e. The first-order valence-electron chi connectivity index (χ1n) is 6.05. The molecule has 5 nitrogen and oxygen atoms in total. The number of hydrogen-bond acceptors (Lipinski definition) is 4. The van der Waals surface area contributed by atoms with Crippen LogP contribution in [0, 0.1) is 5.82 Å². The van der Waals surface area contributed by atoms with E-state index >= 15 is 0 Å². The number of amides is 1. The number of carboxylic acids is 1. The Morgan fingerprint density at radius 1 is 1.24 bits per heavy atom. The van der Waals surface area contributed by atoms with Crippen LogP contribution in [0.5, 0.6) is 5.75 Å². The third-order valence-electron chi connectivity index (χ3n) is 2.56. The summed E-state index contributed by atoms with van der Waals surface area (Å²) >= 11 is 1.14. The molecule has 2 aromatic rings. The van der Waals surface area contributed by atoms with Crippen molar-refractivity contribution >= 4 is 28.2 Å². The van der Waals surface area contributed by atoms with Gasteiger partial charge in [-0.2, -0.15) is 0 Å². The predicted octanol–water partition coefficient (Wildman–Crippen LogP) is 2.99. The van der Waals surface area contributed by atoms with E-state index in [1.165, 1.54) is 30.3 Å². The quantitative estimate of drug-likeness (QED) is 0.860. The number of ether oxygens (including phenoxy) is 1. The van der Waals surface area contributed by atoms with E-state index in [0.717, 1.165) is 11.3 Å². The number of carboxylic acid groups (broad SMARTS) is 1. The molecule has 0 atom stereocenters. The van der Waals surface area contributed by atoms with Crippen molar-refractivity contribution < 1.29 is 23.8 Å². The van der Waals surface area contributed by atoms with Crippen LogP contribution < -0.4 is 10.1 Å². The molecule has 0 bridgehead atoms. The van der Waals surface area contributed by atoms with Crippen LogP contribution in [-0.2, 0) is 4.79 Å². The van der Waals surface area contributed by atoms with Gasteiger partial charge in [0.25, 0.3) is 0 Å². The Hall–Kier alpha value is -2.41. The molecule has 0 radical (unpaired) electrons. The lowest BCUT2D eigenvalue weighted by atomic mass is 10.3. The summed E-state index contributed by atoms with van der Waals surface area (Å²) in [6, 6.07) is 6.89. The average molecular weight is 309 g/mol. The Labute approximate surface area is 124 Å². The predicted molar refractivity (Wildman–Crippen MR) is 76.4 cm³/mol. The van der Waals surface area contributed by atoms with Gasteiger partial charge in [0.15, 0.2) is 0 Å². The van der Waals surface area contributed by atoms with E-state index in [0.29, 0.717) is 10.8 Å². The Kier molecular flexibility index (Phi) is 4.89. The van der Waals surface area contributed by atoms with Crippen LogP contribution in [-0.4, -0.2) is 23.6 Å². The fraction of sp³-hybridized carbons (Fsp3) is 0.143. The van der Waals surface area contributed by atoms with Gasteiger partial charge in [-0.25, -0.2) is 9.18 Å². The van der Waals surface area contributed by atoms with Crippen molar-refractivity contribution in [2.75, 3.05) is 11.9 Å². The molecule has 0 aliphatic carbocycles. The van der Waals surface area contributed by atoms with Crippen molar-refractivity contribution in [3.8, 4) is 5.75 Å². The molecular formula is C14H12FNO4S. The maximum absolute atomic E-state index is 12.7. The zero-order chi connectivity index (χ0) is 15.2. The molecule has 0 aliphatic heterocycles. The SMILES string of the molecule is O=C(CCOc1ccc(F)cc1)Nc1sccc1C(=O)O. The maximum Gasteiger partial charge on any atom is 0.338 e. The van der Waals surface area contributed by atoms with Gasteiger partial charge >= 0.3 is 5.97 Å². The number of carbonyl (C=O) groups excluding carboxylic acids is 1. The number of benzene rings is 1. The maximum atomic E-state index is 12.7. The summed E-state index contributed by atoms with van der Waals surface area (Å²) in [6.45, 7) is 0.116. The molecule has 2 N–H and O–H groups in total. The average Bonchev–Trinajstić information content (AvgIpc) is 2.89. The molecule has 0 fully saturated rings. The van der Waals surface area contributed by atoms with Crippen LogP contribution in [0.2, 0.25) is 0 Å². The van der Waals surface area contributed by atoms with Gasteiger partial charge in [-0.1, -0.05) is 0 Å². The second-order valence-electron chi connectivity index (χ2n) is 4.07. The lowest BCUT2D eigenvalue weighted by Gasteiger charge is -2.06. The van der Waals surface area contributed by atoms with Crippen LogP contribution in [0.4, 0.5) is 9.39 Å². The number of thiophene rings is 1. The van der Waals surface area contributed by atoms with Crippen molar-refractivity contribution in [2.24, 2.45) is 0 Å². The number of halogens is 1. The van der Waals surface area contributed by atoms with E-state index in [1.54, 1.807) is 5.38 Å². The Balaban J connectivity index is 1.81. The number of carbonyl (C=O) groups is 2. The molecular weight excluding hydrogens is 297 g/mol. The third kappa shape index (κ3) is 4.28. The first-order valence-corrected chi connectivity index (χ1v) is 6.93. The topological polar surface area (TPSA) is 75.6 Å². The van der Waals surface area contributed by atoms with Gasteiger partial charge in [0.2, 0.25) is 5.91 Å². The van der Waals surface area contributed by atoms with Gasteiger partial charge in [-0.15, -0.1) is 11.3 Å². The number of nitrogens with one attached hydrogen (secondary N) is 1. The summed E-state index contributed by atoms with van der Waals surface area (Å²) in [6.07, 6.45) is 0.0638. The molecule has 0 saturated carbocycles. The van der Waals surface area contributed by atoms with Crippen LogP contribution in [0.25, 0.3) is 0 Å². The second-order valence-corrected chi connectivity index (χ2v) is 4.99. The van der Waals surface area contributed by atoms with Gasteiger partial charge in [-0.3, -0.25) is 4.79 Å². The van der Waals surface area contributed by atoms with Crippen molar-refractivity contribution in [1.29, 1.82) is 0 Å². The number of aromatic carboxylic acids is 1. The van der Waals surface area contributed by atoms with Gasteiger partial charge in [0.05, 0.1) is 18.6 Å². The van der Waals surface area contributed by atoms with E-state index in [2.05, 4.69) is 5.32 Å². The summed E-state index contributed by atoms with van der Waals surface area (Å²) in [4.78, 5) is 22.6. The fourth-order valence-corrected chi connectivity index (χ4v) is 2.35. The molecule has 0 aliphatic rings. The zero-order valence-corrected chi connectivity index (χ0v) is 11.7. The van der Waals surface area contributed by atoms with Crippen LogP contribution in [0.3, 0.4) is 0 Å². The lowest BCUT2D eigenvalue weighted by molar-refractivity contribution is -0.116. The normalized spacial score (nSPS) is 10.1. The molecule has 110 valence electrons. The van der Waals surface area contributed by atoms with Crippen molar-refractivity contribution in [1.82, 2.24) is 0 Å². The van der Waals surface area contributed by atoms with E-state index < -0.39 is 5.97 Å². The largest absolute Gasteiger partial charge is 0.493 e. The Morgan fingerprint density at radius 2 is 1.95 bits per heavy atom. The summed E-state index contributed by atoms with van der Waals surface area (Å²) in [5.41, 5.74) is 0.0628.